The molecule has 76 valence electrons. The number of hydrogen-bond acceptors (Lipinski definition) is 2. The minimum Gasteiger partial charge on any atom is -0.368 e. The van der Waals surface area contributed by atoms with Crippen LogP contribution in [0.1, 0.15) is 33.1 Å². The van der Waals surface area contributed by atoms with E-state index < -0.39 is 0 Å². The number of hydrogen-bond donors (Lipinski definition) is 1. The molecule has 3 nitrogen and oxygen atoms in total. The van der Waals surface area contributed by atoms with Crippen LogP contribution in [-0.2, 0) is 9.53 Å². The highest BCUT2D eigenvalue weighted by molar-refractivity contribution is 5.80. The molecule has 0 aromatic rings. The Labute approximate surface area is 79.8 Å². The summed E-state index contributed by atoms with van der Waals surface area (Å²) in [7, 11) is 0. The van der Waals surface area contributed by atoms with Crippen LogP contribution in [0.3, 0.4) is 0 Å². The third-order valence-electron chi connectivity index (χ3n) is 2.54. The second kappa shape index (κ2) is 5.22. The van der Waals surface area contributed by atoms with Gasteiger partial charge in [0, 0.05) is 13.2 Å². The third-order valence-corrected chi connectivity index (χ3v) is 2.54. The topological polar surface area (TPSA) is 38.3 Å². The predicted molar refractivity (Wildman–Crippen MR) is 51.4 cm³/mol. The molecular formula is C10H19NO2. The lowest BCUT2D eigenvalue weighted by Gasteiger charge is -2.13. The average molecular weight is 185 g/mol. The van der Waals surface area contributed by atoms with Gasteiger partial charge in [-0.15, -0.1) is 0 Å². The van der Waals surface area contributed by atoms with Gasteiger partial charge in [0.1, 0.15) is 6.10 Å². The van der Waals surface area contributed by atoms with Crippen LogP contribution < -0.4 is 5.32 Å². The summed E-state index contributed by atoms with van der Waals surface area (Å²) < 4.78 is 5.27. The van der Waals surface area contributed by atoms with Crippen LogP contribution in [0.4, 0.5) is 0 Å². The molecule has 0 saturated carbocycles. The fraction of sp³-hybridized carbons (Fsp3) is 0.900. The van der Waals surface area contributed by atoms with E-state index in [0.29, 0.717) is 5.92 Å². The lowest BCUT2D eigenvalue weighted by Crippen LogP contribution is -2.36. The Morgan fingerprint density at radius 2 is 2.46 bits per heavy atom. The fourth-order valence-electron chi connectivity index (χ4n) is 1.32. The van der Waals surface area contributed by atoms with Crippen LogP contribution >= 0.6 is 0 Å². The van der Waals surface area contributed by atoms with Gasteiger partial charge in [-0.25, -0.2) is 0 Å². The molecule has 1 saturated heterocycles. The maximum Gasteiger partial charge on any atom is 0.249 e. The van der Waals surface area contributed by atoms with Crippen molar-refractivity contribution < 1.29 is 9.53 Å². The van der Waals surface area contributed by atoms with Gasteiger partial charge < -0.3 is 10.1 Å². The van der Waals surface area contributed by atoms with Crippen molar-refractivity contribution in [1.82, 2.24) is 5.32 Å². The maximum atomic E-state index is 11.4. The van der Waals surface area contributed by atoms with Gasteiger partial charge in [-0.3, -0.25) is 4.79 Å². The van der Waals surface area contributed by atoms with E-state index in [0.717, 1.165) is 32.4 Å². The Kier molecular flexibility index (Phi) is 4.22. The lowest BCUT2D eigenvalue weighted by molar-refractivity contribution is -0.130. The van der Waals surface area contributed by atoms with Crippen molar-refractivity contribution in [3.05, 3.63) is 0 Å². The SMILES string of the molecule is CCC(C)CNC(=O)C1CCCO1. The number of rotatable bonds is 4. The van der Waals surface area contributed by atoms with Gasteiger partial charge in [-0.05, 0) is 18.8 Å². The molecule has 2 atom stereocenters. The summed E-state index contributed by atoms with van der Waals surface area (Å²) in [6.07, 6.45) is 2.82. The number of amides is 1. The fourth-order valence-corrected chi connectivity index (χ4v) is 1.32. The van der Waals surface area contributed by atoms with Gasteiger partial charge in [-0.1, -0.05) is 20.3 Å². The molecule has 0 spiro atoms. The molecule has 0 radical (unpaired) electrons. The normalized spacial score (nSPS) is 24.3. The number of nitrogens with one attached hydrogen (secondary N) is 1. The van der Waals surface area contributed by atoms with E-state index in [9.17, 15) is 4.79 Å². The first-order chi connectivity index (χ1) is 6.24. The zero-order valence-corrected chi connectivity index (χ0v) is 8.51. The van der Waals surface area contributed by atoms with Crippen molar-refractivity contribution in [2.24, 2.45) is 5.92 Å². The van der Waals surface area contributed by atoms with Gasteiger partial charge in [-0.2, -0.15) is 0 Å². The van der Waals surface area contributed by atoms with Crippen LogP contribution in [0.25, 0.3) is 0 Å². The minimum atomic E-state index is -0.177. The summed E-state index contributed by atoms with van der Waals surface area (Å²) in [6.45, 7) is 5.77. The molecule has 1 aliphatic heterocycles. The quantitative estimate of drug-likeness (QED) is 0.717. The van der Waals surface area contributed by atoms with Gasteiger partial charge in [0.2, 0.25) is 5.91 Å². The molecule has 1 fully saturated rings. The molecule has 0 bridgehead atoms. The first-order valence-corrected chi connectivity index (χ1v) is 5.13. The molecule has 0 aromatic carbocycles. The summed E-state index contributed by atoms with van der Waals surface area (Å²) in [5, 5.41) is 2.91. The third kappa shape index (κ3) is 3.35. The predicted octanol–water partition coefficient (Wildman–Crippen LogP) is 1.33. The molecule has 1 aliphatic rings. The Bertz CT molecular complexity index is 164. The minimum absolute atomic E-state index is 0.0674. The van der Waals surface area contributed by atoms with Crippen LogP contribution in [0.5, 0.6) is 0 Å². The van der Waals surface area contributed by atoms with Gasteiger partial charge >= 0.3 is 0 Å². The Balaban J connectivity index is 2.16. The second-order valence-electron chi connectivity index (χ2n) is 3.76. The van der Waals surface area contributed by atoms with Crippen molar-refractivity contribution in [3.8, 4) is 0 Å². The van der Waals surface area contributed by atoms with Gasteiger partial charge in [0.25, 0.3) is 0 Å². The zero-order chi connectivity index (χ0) is 9.68. The Morgan fingerprint density at radius 1 is 1.69 bits per heavy atom. The van der Waals surface area contributed by atoms with E-state index in [4.69, 9.17) is 4.74 Å². The van der Waals surface area contributed by atoms with Gasteiger partial charge in [0.15, 0.2) is 0 Å². The Hall–Kier alpha value is -0.570. The van der Waals surface area contributed by atoms with Crippen molar-refractivity contribution in [3.63, 3.8) is 0 Å². The first-order valence-electron chi connectivity index (χ1n) is 5.13. The van der Waals surface area contributed by atoms with Crippen molar-refractivity contribution >= 4 is 5.91 Å². The number of ether oxygens (including phenoxy) is 1. The van der Waals surface area contributed by atoms with E-state index in [1.807, 2.05) is 0 Å². The molecule has 1 heterocycles. The second-order valence-corrected chi connectivity index (χ2v) is 3.76. The molecule has 3 heteroatoms. The molecule has 0 aromatic heterocycles. The van der Waals surface area contributed by atoms with E-state index in [1.165, 1.54) is 0 Å². The van der Waals surface area contributed by atoms with E-state index >= 15 is 0 Å². The monoisotopic (exact) mass is 185 g/mol. The highest BCUT2D eigenvalue weighted by Gasteiger charge is 2.23. The summed E-state index contributed by atoms with van der Waals surface area (Å²) in [5.41, 5.74) is 0. The number of carbonyl (C=O) groups is 1. The lowest BCUT2D eigenvalue weighted by atomic mass is 10.1. The molecule has 1 N–H and O–H groups in total. The van der Waals surface area contributed by atoms with Crippen LogP contribution in [0, 0.1) is 5.92 Å². The standard InChI is InChI=1S/C10H19NO2/c1-3-8(2)7-11-10(12)9-5-4-6-13-9/h8-9H,3-7H2,1-2H3,(H,11,12). The van der Waals surface area contributed by atoms with Gasteiger partial charge in [0.05, 0.1) is 0 Å². The Morgan fingerprint density at radius 3 is 3.00 bits per heavy atom. The zero-order valence-electron chi connectivity index (χ0n) is 8.51. The molecule has 1 rings (SSSR count). The highest BCUT2D eigenvalue weighted by Crippen LogP contribution is 2.11. The maximum absolute atomic E-state index is 11.4. The van der Waals surface area contributed by atoms with E-state index in [1.54, 1.807) is 0 Å². The molecule has 0 aliphatic carbocycles. The van der Waals surface area contributed by atoms with Crippen LogP contribution in [0.15, 0.2) is 0 Å². The average Bonchev–Trinajstić information content (AvgIpc) is 2.66. The van der Waals surface area contributed by atoms with Crippen molar-refractivity contribution in [2.75, 3.05) is 13.2 Å². The molecule has 2 unspecified atom stereocenters. The number of carbonyl (C=O) groups excluding carboxylic acids is 1. The molecular weight excluding hydrogens is 166 g/mol. The van der Waals surface area contributed by atoms with Crippen LogP contribution in [-0.4, -0.2) is 25.2 Å². The summed E-state index contributed by atoms with van der Waals surface area (Å²) in [5.74, 6) is 0.628. The molecule has 13 heavy (non-hydrogen) atoms. The van der Waals surface area contributed by atoms with Crippen LogP contribution in [0.2, 0.25) is 0 Å². The summed E-state index contributed by atoms with van der Waals surface area (Å²) >= 11 is 0. The summed E-state index contributed by atoms with van der Waals surface area (Å²) in [4.78, 5) is 11.4. The van der Waals surface area contributed by atoms with E-state index in [2.05, 4.69) is 19.2 Å². The highest BCUT2D eigenvalue weighted by atomic mass is 16.5. The summed E-state index contributed by atoms with van der Waals surface area (Å²) in [6, 6.07) is 0. The smallest absolute Gasteiger partial charge is 0.249 e. The largest absolute Gasteiger partial charge is 0.368 e. The molecule has 1 amide bonds. The first kappa shape index (κ1) is 10.5. The van der Waals surface area contributed by atoms with Crippen molar-refractivity contribution in [1.29, 1.82) is 0 Å². The van der Waals surface area contributed by atoms with Crippen molar-refractivity contribution in [2.45, 2.75) is 39.2 Å². The van der Waals surface area contributed by atoms with E-state index in [-0.39, 0.29) is 12.0 Å².